The first-order chi connectivity index (χ1) is 10.0. The Morgan fingerprint density at radius 3 is 2.71 bits per heavy atom. The van der Waals surface area contributed by atoms with E-state index in [1.165, 1.54) is 11.1 Å². The molecule has 4 nitrogen and oxygen atoms in total. The van der Waals surface area contributed by atoms with Gasteiger partial charge in [-0.1, -0.05) is 18.2 Å². The predicted octanol–water partition coefficient (Wildman–Crippen LogP) is 3.33. The first kappa shape index (κ1) is 13.8. The molecule has 0 aliphatic carbocycles. The van der Waals surface area contributed by atoms with E-state index in [1.54, 1.807) is 18.2 Å². The molecule has 0 fully saturated rings. The van der Waals surface area contributed by atoms with Crippen LogP contribution in [0.5, 0.6) is 0 Å². The van der Waals surface area contributed by atoms with Crippen molar-refractivity contribution in [2.75, 3.05) is 5.73 Å². The molecule has 1 unspecified atom stereocenters. The molecule has 1 aromatic heterocycles. The van der Waals surface area contributed by atoms with Crippen molar-refractivity contribution >= 4 is 27.6 Å². The fourth-order valence-corrected chi connectivity index (χ4v) is 3.11. The number of hydrogen-bond acceptors (Lipinski definition) is 4. The summed E-state index contributed by atoms with van der Waals surface area (Å²) in [7, 11) is -1.31. The second-order valence-electron chi connectivity index (χ2n) is 5.12. The molecule has 0 radical (unpaired) electrons. The average molecular weight is 300 g/mol. The van der Waals surface area contributed by atoms with Gasteiger partial charge in [0.25, 0.3) is 5.22 Å². The molecule has 5 heteroatoms. The average Bonchev–Trinajstić information content (AvgIpc) is 2.86. The summed E-state index contributed by atoms with van der Waals surface area (Å²) < 4.78 is 17.9. The molecular weight excluding hydrogens is 284 g/mol. The second-order valence-corrected chi connectivity index (χ2v) is 6.44. The van der Waals surface area contributed by atoms with Crippen LogP contribution in [0.15, 0.2) is 46.0 Å². The number of aryl methyl sites for hydroxylation is 2. The van der Waals surface area contributed by atoms with E-state index in [4.69, 9.17) is 10.2 Å². The number of nitrogens with two attached hydrogens (primary N) is 1. The molecule has 108 valence electrons. The van der Waals surface area contributed by atoms with Crippen LogP contribution >= 0.6 is 0 Å². The van der Waals surface area contributed by atoms with E-state index < -0.39 is 10.8 Å². The zero-order valence-corrected chi connectivity index (χ0v) is 12.7. The second kappa shape index (κ2) is 5.33. The molecule has 2 aromatic carbocycles. The lowest BCUT2D eigenvalue weighted by molar-refractivity contribution is 0.477. The lowest BCUT2D eigenvalue weighted by atomic mass is 10.1. The Bertz CT molecular complexity index is 839. The van der Waals surface area contributed by atoms with Gasteiger partial charge >= 0.3 is 0 Å². The molecule has 3 rings (SSSR count). The van der Waals surface area contributed by atoms with Crippen LogP contribution in [0, 0.1) is 13.8 Å². The first-order valence-electron chi connectivity index (χ1n) is 6.63. The Morgan fingerprint density at radius 1 is 1.14 bits per heavy atom. The molecule has 1 heterocycles. The number of fused-ring (bicyclic) bond motifs is 1. The van der Waals surface area contributed by atoms with Crippen LogP contribution in [0.3, 0.4) is 0 Å². The fraction of sp³-hybridized carbons (Fsp3) is 0.188. The molecule has 1 atom stereocenters. The van der Waals surface area contributed by atoms with Gasteiger partial charge in [0.15, 0.2) is 5.58 Å². The highest BCUT2D eigenvalue weighted by Crippen LogP contribution is 2.22. The Kier molecular flexibility index (Phi) is 3.51. The summed E-state index contributed by atoms with van der Waals surface area (Å²) in [5.41, 5.74) is 11.0. The number of nitrogens with zero attached hydrogens (tertiary/aromatic N) is 1. The number of oxazole rings is 1. The number of anilines is 1. The van der Waals surface area contributed by atoms with Crippen LogP contribution in [-0.4, -0.2) is 9.19 Å². The number of hydrogen-bond donors (Lipinski definition) is 1. The molecule has 21 heavy (non-hydrogen) atoms. The van der Waals surface area contributed by atoms with Gasteiger partial charge in [0.2, 0.25) is 0 Å². The van der Waals surface area contributed by atoms with Gasteiger partial charge in [0, 0.05) is 11.8 Å². The quantitative estimate of drug-likeness (QED) is 0.753. The van der Waals surface area contributed by atoms with Crippen LogP contribution < -0.4 is 5.73 Å². The van der Waals surface area contributed by atoms with Crippen LogP contribution in [0.2, 0.25) is 0 Å². The minimum atomic E-state index is -1.31. The lowest BCUT2D eigenvalue weighted by Crippen LogP contribution is -1.97. The zero-order valence-electron chi connectivity index (χ0n) is 11.9. The molecular formula is C16H16N2O2S. The maximum atomic E-state index is 12.4. The summed E-state index contributed by atoms with van der Waals surface area (Å²) in [6.07, 6.45) is 0. The molecule has 0 aliphatic rings. The smallest absolute Gasteiger partial charge is 0.288 e. The van der Waals surface area contributed by atoms with Crippen LogP contribution in [0.1, 0.15) is 16.7 Å². The van der Waals surface area contributed by atoms with Gasteiger partial charge in [-0.05, 0) is 42.7 Å². The third kappa shape index (κ3) is 2.83. The van der Waals surface area contributed by atoms with Crippen LogP contribution in [-0.2, 0) is 16.6 Å². The van der Waals surface area contributed by atoms with E-state index in [2.05, 4.69) is 11.9 Å². The molecule has 0 spiro atoms. The van der Waals surface area contributed by atoms with Gasteiger partial charge in [0.1, 0.15) is 16.3 Å². The first-order valence-corrected chi connectivity index (χ1v) is 7.95. The van der Waals surface area contributed by atoms with Crippen molar-refractivity contribution in [3.05, 3.63) is 53.1 Å². The Hall–Kier alpha value is -2.14. The molecule has 0 saturated heterocycles. The normalized spacial score (nSPS) is 12.7. The maximum Gasteiger partial charge on any atom is 0.288 e. The SMILES string of the molecule is Cc1ccc(CS(=O)c2nc3ccc(N)cc3o2)cc1C. The van der Waals surface area contributed by atoms with Crippen molar-refractivity contribution in [2.24, 2.45) is 0 Å². The number of nitrogen functional groups attached to an aromatic ring is 1. The van der Waals surface area contributed by atoms with Crippen LogP contribution in [0.25, 0.3) is 11.1 Å². The van der Waals surface area contributed by atoms with E-state index in [9.17, 15) is 4.21 Å². The van der Waals surface area contributed by atoms with Gasteiger partial charge in [-0.2, -0.15) is 0 Å². The van der Waals surface area contributed by atoms with Crippen molar-refractivity contribution in [2.45, 2.75) is 24.8 Å². The van der Waals surface area contributed by atoms with Crippen molar-refractivity contribution in [1.82, 2.24) is 4.98 Å². The van der Waals surface area contributed by atoms with E-state index in [0.29, 0.717) is 22.5 Å². The summed E-state index contributed by atoms with van der Waals surface area (Å²) in [5, 5.41) is 0.244. The largest absolute Gasteiger partial charge is 0.430 e. The monoisotopic (exact) mass is 300 g/mol. The number of rotatable bonds is 3. The minimum Gasteiger partial charge on any atom is -0.430 e. The van der Waals surface area contributed by atoms with Gasteiger partial charge in [-0.3, -0.25) is 0 Å². The zero-order chi connectivity index (χ0) is 15.0. The fourth-order valence-electron chi connectivity index (χ4n) is 2.12. The summed E-state index contributed by atoms with van der Waals surface area (Å²) in [6, 6.07) is 11.3. The molecule has 2 N–H and O–H groups in total. The molecule has 0 aliphatic heterocycles. The summed E-state index contributed by atoms with van der Waals surface area (Å²) in [5.74, 6) is 0.392. The van der Waals surface area contributed by atoms with Gasteiger partial charge in [0.05, 0.1) is 5.75 Å². The van der Waals surface area contributed by atoms with Crippen LogP contribution in [0.4, 0.5) is 5.69 Å². The van der Waals surface area contributed by atoms with Gasteiger partial charge < -0.3 is 10.2 Å². The number of benzene rings is 2. The number of aromatic nitrogens is 1. The maximum absolute atomic E-state index is 12.4. The van der Waals surface area contributed by atoms with Crippen molar-refractivity contribution in [3.8, 4) is 0 Å². The van der Waals surface area contributed by atoms with E-state index in [0.717, 1.165) is 5.56 Å². The standard InChI is InChI=1S/C16H16N2O2S/c1-10-3-4-12(7-11(10)2)9-21(19)16-18-14-6-5-13(17)8-15(14)20-16/h3-8H,9,17H2,1-2H3. The highest BCUT2D eigenvalue weighted by molar-refractivity contribution is 7.84. The predicted molar refractivity (Wildman–Crippen MR) is 84.4 cm³/mol. The third-order valence-corrected chi connectivity index (χ3v) is 4.62. The molecule has 0 bridgehead atoms. The highest BCUT2D eigenvalue weighted by atomic mass is 32.2. The molecule has 3 aromatic rings. The summed E-state index contributed by atoms with van der Waals surface area (Å²) in [6.45, 7) is 4.10. The van der Waals surface area contributed by atoms with E-state index >= 15 is 0 Å². The lowest BCUT2D eigenvalue weighted by Gasteiger charge is -2.03. The van der Waals surface area contributed by atoms with Crippen molar-refractivity contribution in [1.29, 1.82) is 0 Å². The molecule has 0 saturated carbocycles. The van der Waals surface area contributed by atoms with Crippen molar-refractivity contribution in [3.63, 3.8) is 0 Å². The van der Waals surface area contributed by atoms with Gasteiger partial charge in [-0.15, -0.1) is 0 Å². The topological polar surface area (TPSA) is 69.1 Å². The Labute approximate surface area is 125 Å². The van der Waals surface area contributed by atoms with E-state index in [1.807, 2.05) is 25.1 Å². The summed E-state index contributed by atoms with van der Waals surface area (Å²) >= 11 is 0. The Morgan fingerprint density at radius 2 is 1.95 bits per heavy atom. The third-order valence-electron chi connectivity index (χ3n) is 3.46. The van der Waals surface area contributed by atoms with Crippen molar-refractivity contribution < 1.29 is 8.63 Å². The minimum absolute atomic E-state index is 0.244. The molecule has 0 amide bonds. The Balaban J connectivity index is 1.87. The van der Waals surface area contributed by atoms with E-state index in [-0.39, 0.29) is 5.22 Å². The summed E-state index contributed by atoms with van der Waals surface area (Å²) in [4.78, 5) is 4.27. The highest BCUT2D eigenvalue weighted by Gasteiger charge is 2.14. The van der Waals surface area contributed by atoms with Gasteiger partial charge in [-0.25, -0.2) is 9.19 Å².